The molecule has 0 saturated carbocycles. The third-order valence-electron chi connectivity index (χ3n) is 10.0. The molecule has 0 bridgehead atoms. The first-order valence-corrected chi connectivity index (χ1v) is 22.4. The Morgan fingerprint density at radius 2 is 0.647 bits per heavy atom. The lowest BCUT2D eigenvalue weighted by Gasteiger charge is -2.18. The van der Waals surface area contributed by atoms with Gasteiger partial charge in [0.25, 0.3) is 0 Å². The van der Waals surface area contributed by atoms with Crippen LogP contribution in [0.2, 0.25) is 0 Å². The van der Waals surface area contributed by atoms with E-state index in [0.29, 0.717) is 19.3 Å². The van der Waals surface area contributed by atoms with Crippen molar-refractivity contribution in [2.45, 2.75) is 252 Å². The van der Waals surface area contributed by atoms with Gasteiger partial charge in [-0.05, 0) is 25.2 Å². The van der Waals surface area contributed by atoms with Crippen molar-refractivity contribution in [3.63, 3.8) is 0 Å². The minimum absolute atomic E-state index is 0.0646. The Morgan fingerprint density at radius 1 is 0.373 bits per heavy atom. The van der Waals surface area contributed by atoms with Crippen molar-refractivity contribution in [1.82, 2.24) is 0 Å². The summed E-state index contributed by atoms with van der Waals surface area (Å²) < 4.78 is 16.7. The maximum atomic E-state index is 12.7. The zero-order chi connectivity index (χ0) is 37.5. The SMILES string of the molecule is CCCCCCCCCCCCCCCCC(=O)OC[C@H](COC(=O)CCCCCCCCC(C)C)OC(=O)CCCCCCCCCCCC. The van der Waals surface area contributed by atoms with E-state index < -0.39 is 6.10 Å². The Hall–Kier alpha value is -1.59. The van der Waals surface area contributed by atoms with Crippen LogP contribution in [0.25, 0.3) is 0 Å². The van der Waals surface area contributed by atoms with E-state index in [9.17, 15) is 14.4 Å². The van der Waals surface area contributed by atoms with E-state index in [4.69, 9.17) is 14.2 Å². The maximum Gasteiger partial charge on any atom is 0.306 e. The van der Waals surface area contributed by atoms with Crippen LogP contribution >= 0.6 is 0 Å². The third kappa shape index (κ3) is 39.5. The highest BCUT2D eigenvalue weighted by Crippen LogP contribution is 2.16. The fourth-order valence-electron chi connectivity index (χ4n) is 6.63. The molecular formula is C45H86O6. The Balaban J connectivity index is 4.29. The molecular weight excluding hydrogens is 636 g/mol. The van der Waals surface area contributed by atoms with Gasteiger partial charge in [-0.15, -0.1) is 0 Å². The first-order valence-electron chi connectivity index (χ1n) is 22.4. The predicted molar refractivity (Wildman–Crippen MR) is 215 cm³/mol. The second-order valence-electron chi connectivity index (χ2n) is 15.8. The summed E-state index contributed by atoms with van der Waals surface area (Å²) in [7, 11) is 0. The van der Waals surface area contributed by atoms with E-state index in [1.54, 1.807) is 0 Å². The van der Waals surface area contributed by atoms with Gasteiger partial charge in [0, 0.05) is 19.3 Å². The smallest absolute Gasteiger partial charge is 0.306 e. The second kappa shape index (κ2) is 39.6. The largest absolute Gasteiger partial charge is 0.462 e. The van der Waals surface area contributed by atoms with Crippen LogP contribution in [0.1, 0.15) is 246 Å². The van der Waals surface area contributed by atoms with E-state index in [1.165, 1.54) is 141 Å². The second-order valence-corrected chi connectivity index (χ2v) is 15.8. The molecule has 0 spiro atoms. The number of ether oxygens (including phenoxy) is 3. The standard InChI is InChI=1S/C45H86O6/c1-5-7-9-11-13-15-17-18-19-20-22-23-28-32-36-43(46)49-39-42(40-50-44(47)37-33-29-26-25-27-31-35-41(3)4)51-45(48)38-34-30-24-21-16-14-12-10-8-6-2/h41-42H,5-40H2,1-4H3/t42-/m1/s1. The van der Waals surface area contributed by atoms with Crippen LogP contribution in [-0.4, -0.2) is 37.2 Å². The van der Waals surface area contributed by atoms with Gasteiger partial charge in [0.2, 0.25) is 0 Å². The molecule has 1 atom stereocenters. The van der Waals surface area contributed by atoms with Gasteiger partial charge in [0.1, 0.15) is 13.2 Å². The zero-order valence-electron chi connectivity index (χ0n) is 34.6. The molecule has 0 aliphatic rings. The average molecular weight is 723 g/mol. The van der Waals surface area contributed by atoms with Crippen LogP contribution in [0.15, 0.2) is 0 Å². The Labute approximate surface area is 317 Å². The number of unbranched alkanes of at least 4 members (excludes halogenated alkanes) is 27. The quantitative estimate of drug-likeness (QED) is 0.0356. The highest BCUT2D eigenvalue weighted by atomic mass is 16.6. The van der Waals surface area contributed by atoms with Crippen molar-refractivity contribution in [2.75, 3.05) is 13.2 Å². The maximum absolute atomic E-state index is 12.7. The molecule has 0 unspecified atom stereocenters. The molecule has 0 aromatic heterocycles. The van der Waals surface area contributed by atoms with Crippen molar-refractivity contribution < 1.29 is 28.6 Å². The summed E-state index contributed by atoms with van der Waals surface area (Å²) in [6, 6.07) is 0. The van der Waals surface area contributed by atoms with E-state index in [-0.39, 0.29) is 31.1 Å². The van der Waals surface area contributed by atoms with Gasteiger partial charge < -0.3 is 14.2 Å². The lowest BCUT2D eigenvalue weighted by molar-refractivity contribution is -0.167. The number of carbonyl (C=O) groups excluding carboxylic acids is 3. The van der Waals surface area contributed by atoms with E-state index in [2.05, 4.69) is 27.7 Å². The summed E-state index contributed by atoms with van der Waals surface area (Å²) in [5.74, 6) is -0.0974. The molecule has 0 radical (unpaired) electrons. The molecule has 6 heteroatoms. The molecule has 0 saturated heterocycles. The molecule has 0 N–H and O–H groups in total. The minimum atomic E-state index is -0.759. The van der Waals surface area contributed by atoms with Gasteiger partial charge in [-0.3, -0.25) is 14.4 Å². The van der Waals surface area contributed by atoms with Gasteiger partial charge in [0.15, 0.2) is 6.10 Å². The third-order valence-corrected chi connectivity index (χ3v) is 10.0. The normalized spacial score (nSPS) is 11.9. The summed E-state index contributed by atoms with van der Waals surface area (Å²) in [6.07, 6.45) is 38.1. The summed E-state index contributed by atoms with van der Waals surface area (Å²) >= 11 is 0. The number of carbonyl (C=O) groups is 3. The molecule has 0 amide bonds. The molecule has 51 heavy (non-hydrogen) atoms. The Morgan fingerprint density at radius 3 is 0.961 bits per heavy atom. The fourth-order valence-corrected chi connectivity index (χ4v) is 6.63. The van der Waals surface area contributed by atoms with Gasteiger partial charge in [-0.2, -0.15) is 0 Å². The lowest BCUT2D eigenvalue weighted by Crippen LogP contribution is -2.30. The predicted octanol–water partition coefficient (Wildman–Crippen LogP) is 13.9. The monoisotopic (exact) mass is 723 g/mol. The van der Waals surface area contributed by atoms with E-state index in [0.717, 1.165) is 63.7 Å². The van der Waals surface area contributed by atoms with Crippen LogP contribution in [0.4, 0.5) is 0 Å². The van der Waals surface area contributed by atoms with Gasteiger partial charge in [0.05, 0.1) is 0 Å². The molecule has 0 aromatic carbocycles. The van der Waals surface area contributed by atoms with Crippen LogP contribution in [0.3, 0.4) is 0 Å². The summed E-state index contributed by atoms with van der Waals surface area (Å²) in [5, 5.41) is 0. The number of hydrogen-bond donors (Lipinski definition) is 0. The van der Waals surface area contributed by atoms with Gasteiger partial charge in [-0.1, -0.05) is 207 Å². The van der Waals surface area contributed by atoms with Crippen LogP contribution in [0.5, 0.6) is 0 Å². The van der Waals surface area contributed by atoms with E-state index in [1.807, 2.05) is 0 Å². The molecule has 0 fully saturated rings. The van der Waals surface area contributed by atoms with Crippen molar-refractivity contribution in [2.24, 2.45) is 5.92 Å². The highest BCUT2D eigenvalue weighted by Gasteiger charge is 2.19. The van der Waals surface area contributed by atoms with Crippen molar-refractivity contribution in [3.05, 3.63) is 0 Å². The average Bonchev–Trinajstić information content (AvgIpc) is 3.11. The topological polar surface area (TPSA) is 78.9 Å². The van der Waals surface area contributed by atoms with Crippen molar-refractivity contribution in [1.29, 1.82) is 0 Å². The Bertz CT molecular complexity index is 766. The van der Waals surface area contributed by atoms with Crippen LogP contribution in [0, 0.1) is 5.92 Å². The van der Waals surface area contributed by atoms with Crippen LogP contribution < -0.4 is 0 Å². The molecule has 0 aliphatic carbocycles. The molecule has 0 rings (SSSR count). The number of esters is 3. The van der Waals surface area contributed by atoms with Crippen molar-refractivity contribution >= 4 is 17.9 Å². The summed E-state index contributed by atoms with van der Waals surface area (Å²) in [5.41, 5.74) is 0. The van der Waals surface area contributed by atoms with Crippen molar-refractivity contribution in [3.8, 4) is 0 Å². The molecule has 0 aromatic rings. The van der Waals surface area contributed by atoms with Gasteiger partial charge >= 0.3 is 17.9 Å². The molecule has 0 heterocycles. The summed E-state index contributed by atoms with van der Waals surface area (Å²) in [6.45, 7) is 8.91. The summed E-state index contributed by atoms with van der Waals surface area (Å²) in [4.78, 5) is 37.6. The first-order chi connectivity index (χ1) is 24.9. The number of hydrogen-bond acceptors (Lipinski definition) is 6. The van der Waals surface area contributed by atoms with E-state index >= 15 is 0 Å². The van der Waals surface area contributed by atoms with Gasteiger partial charge in [-0.25, -0.2) is 0 Å². The zero-order valence-corrected chi connectivity index (χ0v) is 34.6. The lowest BCUT2D eigenvalue weighted by atomic mass is 10.0. The molecule has 0 aliphatic heterocycles. The molecule has 302 valence electrons. The minimum Gasteiger partial charge on any atom is -0.462 e. The van der Waals surface area contributed by atoms with Crippen LogP contribution in [-0.2, 0) is 28.6 Å². The fraction of sp³-hybridized carbons (Fsp3) is 0.933. The highest BCUT2D eigenvalue weighted by molar-refractivity contribution is 5.71. The molecule has 6 nitrogen and oxygen atoms in total. The first kappa shape index (κ1) is 49.4. The number of rotatable bonds is 40. The Kier molecular flexibility index (Phi) is 38.4.